The van der Waals surface area contributed by atoms with Gasteiger partial charge in [-0.1, -0.05) is 25.1 Å². The molecule has 2 amide bonds. The minimum atomic E-state index is -0.321. The fourth-order valence-electron chi connectivity index (χ4n) is 2.30. The van der Waals surface area contributed by atoms with E-state index in [0.717, 1.165) is 28.8 Å². The van der Waals surface area contributed by atoms with Gasteiger partial charge in [0.2, 0.25) is 0 Å². The highest BCUT2D eigenvalue weighted by Gasteiger charge is 2.05. The molecule has 6 nitrogen and oxygen atoms in total. The van der Waals surface area contributed by atoms with Crippen LogP contribution in [0.1, 0.15) is 12.5 Å². The maximum absolute atomic E-state index is 11.9. The van der Waals surface area contributed by atoms with Gasteiger partial charge in [0, 0.05) is 5.69 Å². The van der Waals surface area contributed by atoms with E-state index < -0.39 is 0 Å². The molecular weight excluding hydrogens is 292 g/mol. The van der Waals surface area contributed by atoms with Gasteiger partial charge in [0.1, 0.15) is 5.75 Å². The molecule has 1 aromatic heterocycles. The number of carbonyl (C=O) groups is 1. The fourth-order valence-corrected chi connectivity index (χ4v) is 2.30. The Kier molecular flexibility index (Phi) is 4.42. The van der Waals surface area contributed by atoms with Crippen molar-refractivity contribution in [3.63, 3.8) is 0 Å². The molecule has 0 atom stereocenters. The second-order valence-corrected chi connectivity index (χ2v) is 5.02. The van der Waals surface area contributed by atoms with Crippen LogP contribution >= 0.6 is 0 Å². The van der Waals surface area contributed by atoms with Crippen LogP contribution in [-0.2, 0) is 6.42 Å². The number of imidazole rings is 1. The van der Waals surface area contributed by atoms with Crippen LogP contribution in [0, 0.1) is 0 Å². The number of carbonyl (C=O) groups excluding carboxylic acids is 1. The van der Waals surface area contributed by atoms with E-state index in [0.29, 0.717) is 5.69 Å². The van der Waals surface area contributed by atoms with E-state index in [9.17, 15) is 4.79 Å². The number of amides is 2. The number of aryl methyl sites for hydroxylation is 1. The molecule has 0 aliphatic heterocycles. The molecule has 0 bridgehead atoms. The first-order valence-electron chi connectivity index (χ1n) is 7.45. The van der Waals surface area contributed by atoms with Crippen molar-refractivity contribution in [1.82, 2.24) is 15.3 Å². The molecule has 2 aromatic carbocycles. The van der Waals surface area contributed by atoms with Crippen LogP contribution in [0.3, 0.4) is 0 Å². The summed E-state index contributed by atoms with van der Waals surface area (Å²) < 4.78 is 5.61. The third-order valence-electron chi connectivity index (χ3n) is 3.49. The van der Waals surface area contributed by atoms with Crippen molar-refractivity contribution in [2.75, 3.05) is 12.0 Å². The van der Waals surface area contributed by atoms with Crippen LogP contribution < -0.4 is 15.4 Å². The molecule has 0 spiro atoms. The minimum absolute atomic E-state index is 0.106. The lowest BCUT2D eigenvalue weighted by atomic mass is 10.1. The Bertz CT molecular complexity index is 813. The van der Waals surface area contributed by atoms with Gasteiger partial charge in [0.25, 0.3) is 0 Å². The number of hydrogen-bond acceptors (Lipinski definition) is 3. The molecule has 1 heterocycles. The molecule has 0 saturated carbocycles. The van der Waals surface area contributed by atoms with E-state index in [1.54, 1.807) is 12.4 Å². The molecule has 0 unspecified atom stereocenters. The molecule has 3 rings (SSSR count). The highest BCUT2D eigenvalue weighted by Crippen LogP contribution is 2.18. The molecule has 6 heteroatoms. The topological polar surface area (TPSA) is 79.0 Å². The molecular formula is C17H18N4O2. The van der Waals surface area contributed by atoms with Gasteiger partial charge in [0.15, 0.2) is 6.73 Å². The monoisotopic (exact) mass is 310 g/mol. The summed E-state index contributed by atoms with van der Waals surface area (Å²) >= 11 is 0. The summed E-state index contributed by atoms with van der Waals surface area (Å²) in [7, 11) is 0. The average molecular weight is 310 g/mol. The van der Waals surface area contributed by atoms with Gasteiger partial charge in [-0.3, -0.25) is 0 Å². The zero-order valence-corrected chi connectivity index (χ0v) is 12.8. The Hall–Kier alpha value is -3.02. The lowest BCUT2D eigenvalue weighted by Gasteiger charge is -2.11. The van der Waals surface area contributed by atoms with Gasteiger partial charge in [0.05, 0.1) is 17.4 Å². The van der Waals surface area contributed by atoms with Crippen LogP contribution in [0.25, 0.3) is 11.0 Å². The third-order valence-corrected chi connectivity index (χ3v) is 3.49. The summed E-state index contributed by atoms with van der Waals surface area (Å²) in [5, 5.41) is 5.44. The number of aromatic nitrogens is 2. The highest BCUT2D eigenvalue weighted by atomic mass is 16.5. The van der Waals surface area contributed by atoms with Crippen molar-refractivity contribution in [2.24, 2.45) is 0 Å². The lowest BCUT2D eigenvalue weighted by Crippen LogP contribution is -2.32. The van der Waals surface area contributed by atoms with Crippen molar-refractivity contribution >= 4 is 22.8 Å². The minimum Gasteiger partial charge on any atom is -0.473 e. The number of hydrogen-bond donors (Lipinski definition) is 3. The third kappa shape index (κ3) is 3.60. The second kappa shape index (κ2) is 6.83. The summed E-state index contributed by atoms with van der Waals surface area (Å²) in [5.74, 6) is 0.786. The van der Waals surface area contributed by atoms with E-state index in [1.165, 1.54) is 0 Å². The van der Waals surface area contributed by atoms with Gasteiger partial charge >= 0.3 is 6.03 Å². The van der Waals surface area contributed by atoms with Gasteiger partial charge < -0.3 is 20.4 Å². The van der Waals surface area contributed by atoms with Crippen LogP contribution in [0.15, 0.2) is 48.8 Å². The Morgan fingerprint density at radius 1 is 1.26 bits per heavy atom. The number of nitrogens with one attached hydrogen (secondary N) is 3. The fraction of sp³-hybridized carbons (Fsp3) is 0.176. The van der Waals surface area contributed by atoms with Gasteiger partial charge in [-0.15, -0.1) is 0 Å². The number of rotatable bonds is 5. The predicted octanol–water partition coefficient (Wildman–Crippen LogP) is 3.28. The summed E-state index contributed by atoms with van der Waals surface area (Å²) in [6.45, 7) is 2.17. The first-order valence-corrected chi connectivity index (χ1v) is 7.45. The number of H-pyrrole nitrogens is 1. The van der Waals surface area contributed by atoms with E-state index in [-0.39, 0.29) is 12.8 Å². The number of ether oxygens (including phenoxy) is 1. The summed E-state index contributed by atoms with van der Waals surface area (Å²) in [4.78, 5) is 19.0. The number of fused-ring (bicyclic) bond motifs is 1. The standard InChI is InChI=1S/C17H18N4O2/c1-2-12-5-3-4-6-16(12)23-11-20-17(22)21-13-7-8-14-15(9-13)19-10-18-14/h3-10H,2,11H2,1H3,(H,18,19)(H2,20,21,22). The molecule has 0 aliphatic carbocycles. The maximum atomic E-state index is 11.9. The van der Waals surface area contributed by atoms with E-state index in [2.05, 4.69) is 27.5 Å². The van der Waals surface area contributed by atoms with Crippen molar-refractivity contribution < 1.29 is 9.53 Å². The van der Waals surface area contributed by atoms with Crippen molar-refractivity contribution in [2.45, 2.75) is 13.3 Å². The van der Waals surface area contributed by atoms with Gasteiger partial charge in [-0.2, -0.15) is 0 Å². The largest absolute Gasteiger partial charge is 0.473 e. The Morgan fingerprint density at radius 2 is 2.13 bits per heavy atom. The van der Waals surface area contributed by atoms with E-state index in [1.807, 2.05) is 36.4 Å². The van der Waals surface area contributed by atoms with E-state index >= 15 is 0 Å². The summed E-state index contributed by atoms with van der Waals surface area (Å²) in [5.41, 5.74) is 3.53. The van der Waals surface area contributed by atoms with Gasteiger partial charge in [-0.05, 0) is 36.2 Å². The number of para-hydroxylation sites is 1. The number of benzene rings is 2. The lowest BCUT2D eigenvalue weighted by molar-refractivity contribution is 0.234. The normalized spacial score (nSPS) is 10.5. The van der Waals surface area contributed by atoms with Crippen LogP contribution in [0.2, 0.25) is 0 Å². The first kappa shape index (κ1) is 14.9. The second-order valence-electron chi connectivity index (χ2n) is 5.02. The van der Waals surface area contributed by atoms with Gasteiger partial charge in [-0.25, -0.2) is 9.78 Å². The van der Waals surface area contributed by atoms with E-state index in [4.69, 9.17) is 4.74 Å². The van der Waals surface area contributed by atoms with Crippen molar-refractivity contribution in [3.05, 3.63) is 54.4 Å². The SMILES string of the molecule is CCc1ccccc1OCNC(=O)Nc1ccc2nc[nH]c2c1. The Labute approximate surface area is 133 Å². The summed E-state index contributed by atoms with van der Waals surface area (Å²) in [6.07, 6.45) is 2.50. The predicted molar refractivity (Wildman–Crippen MR) is 89.6 cm³/mol. The number of urea groups is 1. The molecule has 118 valence electrons. The number of nitrogens with zero attached hydrogens (tertiary/aromatic N) is 1. The zero-order chi connectivity index (χ0) is 16.1. The number of aromatic amines is 1. The molecule has 3 N–H and O–H groups in total. The molecule has 0 aliphatic rings. The van der Waals surface area contributed by atoms with Crippen molar-refractivity contribution in [3.8, 4) is 5.75 Å². The zero-order valence-electron chi connectivity index (χ0n) is 12.8. The molecule has 3 aromatic rings. The molecule has 0 saturated heterocycles. The highest BCUT2D eigenvalue weighted by molar-refractivity contribution is 5.91. The molecule has 0 radical (unpaired) electrons. The summed E-state index contributed by atoms with van der Waals surface area (Å²) in [6, 6.07) is 12.9. The molecule has 0 fully saturated rings. The van der Waals surface area contributed by atoms with Crippen LogP contribution in [-0.4, -0.2) is 22.7 Å². The van der Waals surface area contributed by atoms with Crippen LogP contribution in [0.5, 0.6) is 5.75 Å². The van der Waals surface area contributed by atoms with Crippen LogP contribution in [0.4, 0.5) is 10.5 Å². The Morgan fingerprint density at radius 3 is 3.00 bits per heavy atom. The number of anilines is 1. The quantitative estimate of drug-likeness (QED) is 0.633. The Balaban J connectivity index is 1.53. The molecule has 23 heavy (non-hydrogen) atoms. The van der Waals surface area contributed by atoms with Crippen molar-refractivity contribution in [1.29, 1.82) is 0 Å². The maximum Gasteiger partial charge on any atom is 0.321 e. The smallest absolute Gasteiger partial charge is 0.321 e. The first-order chi connectivity index (χ1) is 11.3. The average Bonchev–Trinajstić information content (AvgIpc) is 3.03.